The van der Waals surface area contributed by atoms with Gasteiger partial charge in [-0.15, -0.1) is 0 Å². The number of hydrogen-bond donors (Lipinski definition) is 8. The molecule has 0 aliphatic rings. The van der Waals surface area contributed by atoms with Gasteiger partial charge in [0.15, 0.2) is 28.3 Å². The Morgan fingerprint density at radius 3 is 1.34 bits per heavy atom. The SMILES string of the molecule is C[C@](O)(CBr)C(=O)O.O=CO[O-].Oc1ccc(Cl)cc1.[C-]#[N+]c1ccc(N)cc1C.[C-]#[N+]c1ccc(NC(=O)[C@@](C)(O)CBr)cc1C.[C-]#[N+]c1ccc(NC(=O)[C@@](C)(O)COc2ccc(Cl)cc2)cc1C.[H-].[K+].[K+]. The fraction of sp³-hybridized carbons (Fsp3) is 0.245. The first kappa shape index (κ1) is 73.7. The molecule has 0 fully saturated rings. The maximum atomic E-state index is 12.3. The van der Waals surface area contributed by atoms with Crippen LogP contribution in [0.25, 0.3) is 14.5 Å². The number of aliphatic hydroxyl groups is 3. The van der Waals surface area contributed by atoms with Gasteiger partial charge in [-0.2, -0.15) is 0 Å². The number of ether oxygens (including phenoxy) is 1. The van der Waals surface area contributed by atoms with Crippen molar-refractivity contribution in [2.45, 2.75) is 58.3 Å². The molecule has 0 unspecified atom stereocenters. The van der Waals surface area contributed by atoms with Crippen molar-refractivity contribution in [2.24, 2.45) is 0 Å². The van der Waals surface area contributed by atoms with Crippen LogP contribution in [0.3, 0.4) is 0 Å². The minimum Gasteiger partial charge on any atom is -1.00 e. The standard InChI is InChI=1S/C18H17ClN2O3.C12H13BrN2O2.C8H8N2.C6H5ClO.C4H7BrO3.CH2O3.2K.H/c1-12-10-14(6-9-16(12)20-3)21-17(22)18(2,23)11-24-15-7-4-13(19)5-8-15;1-8-6-9(4-5-10(8)14-3)15-11(16)12(2,17)7-13;1-6-5-7(9)3-4-8(6)10-2;7-5-1-3-6(8)4-2-5;1-4(8,2-5)3(6)7;2-1-4-3;;;/h4-10,23H,11H2,1-2H3,(H,21,22);4-6,17H,7H2,1-2H3,(H,15,16);3-5H,9H2,1H3;1-4,8H;8H,2H2,1H3,(H,6,7);1,3H;;;/q;;;;;;2*+1;-1/p-1/t18-;12-;;;4-;;;;/m00..0..../s1. The molecule has 0 heterocycles. The summed E-state index contributed by atoms with van der Waals surface area (Å²) in [4.78, 5) is 55.2. The van der Waals surface area contributed by atoms with Crippen LogP contribution in [0, 0.1) is 40.5 Å². The first-order valence-electron chi connectivity index (χ1n) is 20.1. The maximum Gasteiger partial charge on any atom is 1.00 e. The summed E-state index contributed by atoms with van der Waals surface area (Å²) in [6, 6.07) is 28.2. The minimum atomic E-state index is -1.72. The Morgan fingerprint density at radius 2 is 1.04 bits per heavy atom. The first-order chi connectivity index (χ1) is 33.2. The molecule has 0 aliphatic carbocycles. The van der Waals surface area contributed by atoms with Gasteiger partial charge in [0.25, 0.3) is 18.3 Å². The number of phenolic OH excluding ortho intramolecular Hbond substituents is 1. The number of alkyl halides is 2. The molecule has 9 N–H and O–H groups in total. The van der Waals surface area contributed by atoms with E-state index in [9.17, 15) is 24.6 Å². The van der Waals surface area contributed by atoms with E-state index in [-0.39, 0.29) is 134 Å². The average molecular weight is 1230 g/mol. The molecule has 3 atom stereocenters. The molecule has 5 rings (SSSR count). The number of halogens is 4. The van der Waals surface area contributed by atoms with Gasteiger partial charge in [0.05, 0.1) is 19.7 Å². The second kappa shape index (κ2) is 38.1. The van der Waals surface area contributed by atoms with E-state index in [2.05, 4.69) is 61.9 Å². The van der Waals surface area contributed by atoms with Gasteiger partial charge in [-0.05, 0) is 143 Å². The summed E-state index contributed by atoms with van der Waals surface area (Å²) in [6.07, 6.45) is 0. The van der Waals surface area contributed by atoms with Crippen molar-refractivity contribution in [1.82, 2.24) is 0 Å². The molecule has 0 saturated carbocycles. The predicted octanol–water partition coefficient (Wildman–Crippen LogP) is 3.54. The molecule has 73 heavy (non-hydrogen) atoms. The van der Waals surface area contributed by atoms with Gasteiger partial charge >= 0.3 is 109 Å². The van der Waals surface area contributed by atoms with Gasteiger partial charge in [-0.1, -0.05) is 73.3 Å². The monoisotopic (exact) mass is 1220 g/mol. The molecule has 24 heteroatoms. The smallest absolute Gasteiger partial charge is 1.00 e. The third-order valence-corrected chi connectivity index (χ3v) is 11.3. The van der Waals surface area contributed by atoms with E-state index < -0.39 is 34.6 Å². The number of aromatic hydroxyl groups is 1. The van der Waals surface area contributed by atoms with Crippen LogP contribution in [-0.4, -0.2) is 83.9 Å². The molecule has 0 spiro atoms. The van der Waals surface area contributed by atoms with Crippen LogP contribution in [-0.2, 0) is 24.1 Å². The van der Waals surface area contributed by atoms with Crippen LogP contribution >= 0.6 is 55.1 Å². The van der Waals surface area contributed by atoms with Crippen LogP contribution in [0.5, 0.6) is 11.5 Å². The van der Waals surface area contributed by atoms with Crippen molar-refractivity contribution in [1.29, 1.82) is 0 Å². The summed E-state index contributed by atoms with van der Waals surface area (Å²) in [5.74, 6) is -1.54. The van der Waals surface area contributed by atoms with Gasteiger partial charge < -0.3 is 58.2 Å². The first-order valence-corrected chi connectivity index (χ1v) is 23.1. The third kappa shape index (κ3) is 30.0. The molecule has 0 aromatic heterocycles. The molecule has 0 aliphatic heterocycles. The number of hydrogen-bond acceptors (Lipinski definition) is 12. The van der Waals surface area contributed by atoms with Crippen molar-refractivity contribution in [2.75, 3.05) is 33.6 Å². The largest absolute Gasteiger partial charge is 1.00 e. The zero-order valence-electron chi connectivity index (χ0n) is 42.0. The molecule has 5 aromatic carbocycles. The van der Waals surface area contributed by atoms with Crippen LogP contribution in [0.2, 0.25) is 10.0 Å². The number of aryl methyl sites for hydroxylation is 3. The van der Waals surface area contributed by atoms with E-state index in [1.807, 2.05) is 6.92 Å². The van der Waals surface area contributed by atoms with Crippen LogP contribution in [0.4, 0.5) is 34.1 Å². The fourth-order valence-electron chi connectivity index (χ4n) is 4.43. The van der Waals surface area contributed by atoms with Crippen molar-refractivity contribution >= 4 is 113 Å². The van der Waals surface area contributed by atoms with E-state index in [4.69, 9.17) is 78.8 Å². The summed E-state index contributed by atoms with van der Waals surface area (Å²) in [6.45, 7) is 29.8. The number of carbonyl (C=O) groups is 4. The van der Waals surface area contributed by atoms with Gasteiger partial charge in [0.2, 0.25) is 0 Å². The number of benzene rings is 5. The number of phenols is 1. The quantitative estimate of drug-likeness (QED) is 0.0179. The Hall–Kier alpha value is -3.50. The van der Waals surface area contributed by atoms with Crippen LogP contribution in [0.15, 0.2) is 103 Å². The summed E-state index contributed by atoms with van der Waals surface area (Å²) in [7, 11) is 0. The number of amides is 2. The molecular formula is C49H52Br2Cl2K2N6O12. The van der Waals surface area contributed by atoms with Gasteiger partial charge in [-0.3, -0.25) is 14.4 Å². The molecule has 0 bridgehead atoms. The van der Waals surface area contributed by atoms with Crippen molar-refractivity contribution in [3.8, 4) is 11.5 Å². The number of rotatable bonds is 11. The number of carboxylic acid groups (broad SMARTS) is 1. The van der Waals surface area contributed by atoms with Crippen LogP contribution < -0.4 is 129 Å². The molecule has 380 valence electrons. The second-order valence-corrected chi connectivity index (χ2v) is 17.1. The fourth-order valence-corrected chi connectivity index (χ4v) is 5.18. The number of nitrogens with two attached hydrogens (primary N) is 1. The number of nitrogen functional groups attached to an aromatic ring is 1. The van der Waals surface area contributed by atoms with Gasteiger partial charge in [0, 0.05) is 37.8 Å². The normalized spacial score (nSPS) is 11.8. The summed E-state index contributed by atoms with van der Waals surface area (Å²) >= 11 is 17.2. The third-order valence-electron chi connectivity index (χ3n) is 8.65. The number of aliphatic carboxylic acids is 1. The molecule has 18 nitrogen and oxygen atoms in total. The Morgan fingerprint density at radius 1 is 0.685 bits per heavy atom. The summed E-state index contributed by atoms with van der Waals surface area (Å²) in [5, 5.41) is 60.7. The van der Waals surface area contributed by atoms with Crippen LogP contribution in [0.1, 0.15) is 38.9 Å². The predicted molar refractivity (Wildman–Crippen MR) is 279 cm³/mol. The Bertz CT molecular complexity index is 2650. The van der Waals surface area contributed by atoms with E-state index in [0.717, 1.165) is 16.7 Å². The Balaban J connectivity index is -0.000000429. The van der Waals surface area contributed by atoms with E-state index in [0.29, 0.717) is 49.9 Å². The Kier molecular flexibility index (Phi) is 38.5. The number of nitrogens with one attached hydrogen (secondary N) is 2. The van der Waals surface area contributed by atoms with Crippen molar-refractivity contribution in [3.05, 3.63) is 164 Å². The minimum absolute atomic E-state index is 0. The zero-order chi connectivity index (χ0) is 54.5. The molecule has 0 radical (unpaired) electrons. The number of anilines is 3. The van der Waals surface area contributed by atoms with E-state index in [1.165, 1.54) is 20.8 Å². The van der Waals surface area contributed by atoms with Gasteiger partial charge in [-0.25, -0.2) is 19.3 Å². The van der Waals surface area contributed by atoms with E-state index in [1.54, 1.807) is 117 Å². The Labute approximate surface area is 537 Å². The molecular weight excluding hydrogens is 1170 g/mol. The number of nitrogens with zero attached hydrogens (tertiary/aromatic N) is 3. The topological polar surface area (TPSA) is 274 Å². The number of carboxylic acids is 1. The average Bonchev–Trinajstić information content (AvgIpc) is 3.33. The van der Waals surface area contributed by atoms with Gasteiger partial charge in [0.1, 0.15) is 23.7 Å². The van der Waals surface area contributed by atoms with Crippen molar-refractivity contribution < 1.29 is 164 Å². The number of carbonyl (C=O) groups excluding carboxylic acids is 3. The maximum absolute atomic E-state index is 12.3. The molecule has 0 saturated heterocycles. The summed E-state index contributed by atoms with van der Waals surface area (Å²) < 4.78 is 5.44. The molecule has 5 aromatic rings. The van der Waals surface area contributed by atoms with E-state index >= 15 is 0 Å². The zero-order valence-corrected chi connectivity index (χ0v) is 52.0. The van der Waals surface area contributed by atoms with Crippen molar-refractivity contribution in [3.63, 3.8) is 0 Å². The second-order valence-electron chi connectivity index (χ2n) is 15.1. The molecule has 2 amide bonds. The summed E-state index contributed by atoms with van der Waals surface area (Å²) in [5.41, 5.74) is 6.70.